The SMILES string of the molecule is Fc1ccc(NCCC2CCCO2)c(F)c1F. The Labute approximate surface area is 97.8 Å². The molecule has 0 spiro atoms. The quantitative estimate of drug-likeness (QED) is 0.823. The third-order valence-corrected chi connectivity index (χ3v) is 2.84. The fourth-order valence-corrected chi connectivity index (χ4v) is 1.90. The zero-order valence-corrected chi connectivity index (χ0v) is 9.31. The molecule has 5 heteroatoms. The van der Waals surface area contributed by atoms with Crippen LogP contribution in [-0.4, -0.2) is 19.3 Å². The lowest BCUT2D eigenvalue weighted by molar-refractivity contribution is 0.107. The number of ether oxygens (including phenoxy) is 1. The minimum Gasteiger partial charge on any atom is -0.382 e. The number of hydrogen-bond acceptors (Lipinski definition) is 2. The average Bonchev–Trinajstić information content (AvgIpc) is 2.82. The molecule has 0 aromatic heterocycles. The molecule has 0 radical (unpaired) electrons. The van der Waals surface area contributed by atoms with Gasteiger partial charge in [-0.3, -0.25) is 0 Å². The van der Waals surface area contributed by atoms with Crippen molar-refractivity contribution in [3.8, 4) is 0 Å². The summed E-state index contributed by atoms with van der Waals surface area (Å²) in [6.45, 7) is 1.25. The van der Waals surface area contributed by atoms with Gasteiger partial charge >= 0.3 is 0 Å². The van der Waals surface area contributed by atoms with E-state index in [1.54, 1.807) is 0 Å². The lowest BCUT2D eigenvalue weighted by Gasteiger charge is -2.11. The van der Waals surface area contributed by atoms with Crippen molar-refractivity contribution in [3.05, 3.63) is 29.6 Å². The maximum Gasteiger partial charge on any atom is 0.196 e. The summed E-state index contributed by atoms with van der Waals surface area (Å²) in [5, 5.41) is 2.75. The largest absolute Gasteiger partial charge is 0.382 e. The van der Waals surface area contributed by atoms with Crippen molar-refractivity contribution >= 4 is 5.69 Å². The maximum absolute atomic E-state index is 13.3. The molecule has 2 rings (SSSR count). The van der Waals surface area contributed by atoms with Crippen LogP contribution in [0, 0.1) is 17.5 Å². The first-order valence-electron chi connectivity index (χ1n) is 5.67. The Bertz CT molecular complexity index is 392. The Kier molecular flexibility index (Phi) is 3.89. The molecule has 1 fully saturated rings. The van der Waals surface area contributed by atoms with Gasteiger partial charge in [0.05, 0.1) is 11.8 Å². The summed E-state index contributed by atoms with van der Waals surface area (Å²) in [7, 11) is 0. The zero-order valence-electron chi connectivity index (χ0n) is 9.31. The van der Waals surface area contributed by atoms with Crippen molar-refractivity contribution in [1.29, 1.82) is 0 Å². The molecule has 0 bridgehead atoms. The Morgan fingerprint density at radius 2 is 2.06 bits per heavy atom. The van der Waals surface area contributed by atoms with Crippen molar-refractivity contribution in [2.45, 2.75) is 25.4 Å². The fourth-order valence-electron chi connectivity index (χ4n) is 1.90. The van der Waals surface area contributed by atoms with Crippen molar-refractivity contribution in [3.63, 3.8) is 0 Å². The first kappa shape index (κ1) is 12.2. The number of halogens is 3. The fraction of sp³-hybridized carbons (Fsp3) is 0.500. The second kappa shape index (κ2) is 5.40. The van der Waals surface area contributed by atoms with Gasteiger partial charge in [-0.05, 0) is 31.4 Å². The van der Waals surface area contributed by atoms with Gasteiger partial charge in [-0.15, -0.1) is 0 Å². The van der Waals surface area contributed by atoms with Crippen LogP contribution in [0.15, 0.2) is 12.1 Å². The molecular formula is C12H14F3NO. The molecule has 1 aromatic rings. The van der Waals surface area contributed by atoms with Gasteiger partial charge in [0.15, 0.2) is 17.5 Å². The second-order valence-corrected chi connectivity index (χ2v) is 4.07. The number of anilines is 1. The molecule has 94 valence electrons. The van der Waals surface area contributed by atoms with E-state index in [4.69, 9.17) is 4.74 Å². The van der Waals surface area contributed by atoms with Crippen LogP contribution < -0.4 is 5.32 Å². The highest BCUT2D eigenvalue weighted by Crippen LogP contribution is 2.20. The first-order chi connectivity index (χ1) is 8.18. The van der Waals surface area contributed by atoms with E-state index >= 15 is 0 Å². The smallest absolute Gasteiger partial charge is 0.196 e. The topological polar surface area (TPSA) is 21.3 Å². The molecule has 1 saturated heterocycles. The lowest BCUT2D eigenvalue weighted by Crippen LogP contribution is -2.13. The summed E-state index contributed by atoms with van der Waals surface area (Å²) >= 11 is 0. The number of nitrogens with one attached hydrogen (secondary N) is 1. The molecule has 1 N–H and O–H groups in total. The minimum atomic E-state index is -1.44. The molecule has 1 atom stereocenters. The Morgan fingerprint density at radius 3 is 2.76 bits per heavy atom. The van der Waals surface area contributed by atoms with Gasteiger partial charge in [0.2, 0.25) is 0 Å². The van der Waals surface area contributed by atoms with E-state index in [1.807, 2.05) is 0 Å². The standard InChI is InChI=1S/C12H14F3NO/c13-9-3-4-10(12(15)11(9)14)16-6-5-8-2-1-7-17-8/h3-4,8,16H,1-2,5-7H2. The molecular weight excluding hydrogens is 231 g/mol. The minimum absolute atomic E-state index is 0.0121. The van der Waals surface area contributed by atoms with E-state index in [-0.39, 0.29) is 11.8 Å². The van der Waals surface area contributed by atoms with Crippen molar-refractivity contribution in [2.24, 2.45) is 0 Å². The molecule has 2 nitrogen and oxygen atoms in total. The third-order valence-electron chi connectivity index (χ3n) is 2.84. The summed E-state index contributed by atoms with van der Waals surface area (Å²) in [6, 6.07) is 2.11. The van der Waals surface area contributed by atoms with Gasteiger partial charge in [0.25, 0.3) is 0 Å². The summed E-state index contributed by atoms with van der Waals surface area (Å²) in [4.78, 5) is 0. The summed E-state index contributed by atoms with van der Waals surface area (Å²) in [6.07, 6.45) is 2.97. The van der Waals surface area contributed by atoms with Crippen LogP contribution in [-0.2, 0) is 4.74 Å². The molecule has 0 saturated carbocycles. The van der Waals surface area contributed by atoms with Crippen molar-refractivity contribution < 1.29 is 17.9 Å². The van der Waals surface area contributed by atoms with E-state index in [9.17, 15) is 13.2 Å². The van der Waals surface area contributed by atoms with Crippen LogP contribution in [0.5, 0.6) is 0 Å². The number of hydrogen-bond donors (Lipinski definition) is 1. The van der Waals surface area contributed by atoms with E-state index in [0.717, 1.165) is 31.9 Å². The van der Waals surface area contributed by atoms with Crippen LogP contribution >= 0.6 is 0 Å². The molecule has 17 heavy (non-hydrogen) atoms. The van der Waals surface area contributed by atoms with E-state index in [2.05, 4.69) is 5.32 Å². The average molecular weight is 245 g/mol. The van der Waals surface area contributed by atoms with Gasteiger partial charge < -0.3 is 10.1 Å². The number of benzene rings is 1. The monoisotopic (exact) mass is 245 g/mol. The van der Waals surface area contributed by atoms with Gasteiger partial charge in [-0.25, -0.2) is 13.2 Å². The van der Waals surface area contributed by atoms with Crippen molar-refractivity contribution in [1.82, 2.24) is 0 Å². The molecule has 1 unspecified atom stereocenters. The molecule has 0 amide bonds. The highest BCUT2D eigenvalue weighted by atomic mass is 19.2. The second-order valence-electron chi connectivity index (χ2n) is 4.07. The molecule has 1 aliphatic heterocycles. The van der Waals surface area contributed by atoms with Crippen LogP contribution in [0.25, 0.3) is 0 Å². The Balaban J connectivity index is 1.88. The van der Waals surface area contributed by atoms with Gasteiger partial charge in [0, 0.05) is 13.2 Å². The van der Waals surface area contributed by atoms with E-state index in [1.165, 1.54) is 6.07 Å². The zero-order chi connectivity index (χ0) is 12.3. The van der Waals surface area contributed by atoms with Gasteiger partial charge in [-0.1, -0.05) is 0 Å². The van der Waals surface area contributed by atoms with Crippen LogP contribution in [0.1, 0.15) is 19.3 Å². The predicted molar refractivity (Wildman–Crippen MR) is 58.4 cm³/mol. The van der Waals surface area contributed by atoms with Gasteiger partial charge in [0.1, 0.15) is 0 Å². The molecule has 0 aliphatic carbocycles. The summed E-state index contributed by atoms with van der Waals surface area (Å²) in [5.74, 6) is -3.78. The van der Waals surface area contributed by atoms with Crippen LogP contribution in [0.4, 0.5) is 18.9 Å². The van der Waals surface area contributed by atoms with E-state index in [0.29, 0.717) is 6.54 Å². The molecule has 1 heterocycles. The summed E-state index contributed by atoms with van der Waals surface area (Å²) < 4.78 is 44.2. The third kappa shape index (κ3) is 2.91. The number of rotatable bonds is 4. The van der Waals surface area contributed by atoms with Crippen LogP contribution in [0.3, 0.4) is 0 Å². The normalized spacial score (nSPS) is 19.6. The molecule has 1 aliphatic rings. The summed E-state index contributed by atoms with van der Waals surface area (Å²) in [5.41, 5.74) is -0.0121. The predicted octanol–water partition coefficient (Wildman–Crippen LogP) is 3.08. The highest BCUT2D eigenvalue weighted by Gasteiger charge is 2.16. The van der Waals surface area contributed by atoms with Crippen molar-refractivity contribution in [2.75, 3.05) is 18.5 Å². The molecule has 1 aromatic carbocycles. The van der Waals surface area contributed by atoms with Crippen LogP contribution in [0.2, 0.25) is 0 Å². The first-order valence-corrected chi connectivity index (χ1v) is 5.67. The highest BCUT2D eigenvalue weighted by molar-refractivity contribution is 5.45. The van der Waals surface area contributed by atoms with Gasteiger partial charge in [-0.2, -0.15) is 0 Å². The van der Waals surface area contributed by atoms with E-state index < -0.39 is 17.5 Å². The maximum atomic E-state index is 13.3. The Hall–Kier alpha value is -1.23. The Morgan fingerprint density at radius 1 is 1.24 bits per heavy atom. The lowest BCUT2D eigenvalue weighted by atomic mass is 10.2.